The molecular formula is C20H16N2O5S. The van der Waals surface area contributed by atoms with E-state index in [1.54, 1.807) is 30.3 Å². The van der Waals surface area contributed by atoms with Crippen molar-refractivity contribution in [1.29, 1.82) is 0 Å². The minimum atomic E-state index is -3.99. The Balaban J connectivity index is 1.85. The van der Waals surface area contributed by atoms with Gasteiger partial charge in [-0.05, 0) is 43.3 Å². The molecule has 0 amide bonds. The van der Waals surface area contributed by atoms with Crippen molar-refractivity contribution in [2.45, 2.75) is 11.8 Å². The summed E-state index contributed by atoms with van der Waals surface area (Å²) in [6, 6.07) is 18.6. The van der Waals surface area contributed by atoms with Crippen molar-refractivity contribution in [3.05, 3.63) is 94.0 Å². The molecule has 0 unspecified atom stereocenters. The van der Waals surface area contributed by atoms with E-state index in [1.165, 1.54) is 48.7 Å². The van der Waals surface area contributed by atoms with Crippen molar-refractivity contribution in [2.24, 2.45) is 4.99 Å². The predicted octanol–water partition coefficient (Wildman–Crippen LogP) is 4.42. The first kappa shape index (κ1) is 19.2. The number of hydrogen-bond acceptors (Lipinski definition) is 6. The monoisotopic (exact) mass is 396 g/mol. The maximum atomic E-state index is 12.5. The van der Waals surface area contributed by atoms with Crippen LogP contribution in [0.5, 0.6) is 5.75 Å². The van der Waals surface area contributed by atoms with Crippen LogP contribution in [0.4, 0.5) is 11.4 Å². The van der Waals surface area contributed by atoms with Crippen LogP contribution < -0.4 is 4.18 Å². The smallest absolute Gasteiger partial charge is 0.339 e. The number of nitrogens with zero attached hydrogens (tertiary/aromatic N) is 2. The van der Waals surface area contributed by atoms with Crippen LogP contribution in [0.3, 0.4) is 0 Å². The van der Waals surface area contributed by atoms with Crippen molar-refractivity contribution < 1.29 is 17.5 Å². The molecule has 8 heteroatoms. The Morgan fingerprint density at radius 1 is 0.964 bits per heavy atom. The van der Waals surface area contributed by atoms with Gasteiger partial charge in [-0.3, -0.25) is 15.1 Å². The molecule has 0 aliphatic carbocycles. The predicted molar refractivity (Wildman–Crippen MR) is 106 cm³/mol. The van der Waals surface area contributed by atoms with Crippen LogP contribution in [0.2, 0.25) is 0 Å². The molecule has 3 aromatic carbocycles. The lowest BCUT2D eigenvalue weighted by Crippen LogP contribution is -2.10. The molecule has 0 saturated heterocycles. The zero-order chi connectivity index (χ0) is 20.1. The number of non-ortho nitro benzene ring substituents is 1. The number of nitro groups is 1. The van der Waals surface area contributed by atoms with Gasteiger partial charge in [-0.2, -0.15) is 8.42 Å². The van der Waals surface area contributed by atoms with E-state index in [1.807, 2.05) is 6.92 Å². The van der Waals surface area contributed by atoms with Crippen LogP contribution in [-0.4, -0.2) is 19.6 Å². The summed E-state index contributed by atoms with van der Waals surface area (Å²) in [5.41, 5.74) is 1.85. The van der Waals surface area contributed by atoms with Gasteiger partial charge in [0, 0.05) is 23.9 Å². The lowest BCUT2D eigenvalue weighted by atomic mass is 10.2. The minimum Gasteiger partial charge on any atom is -0.378 e. The number of hydrogen-bond donors (Lipinski definition) is 0. The molecule has 0 aromatic heterocycles. The molecule has 0 aliphatic rings. The largest absolute Gasteiger partial charge is 0.378 e. The fourth-order valence-electron chi connectivity index (χ4n) is 2.34. The van der Waals surface area contributed by atoms with Gasteiger partial charge in [0.25, 0.3) is 5.69 Å². The fourth-order valence-corrected chi connectivity index (χ4v) is 3.29. The highest BCUT2D eigenvalue weighted by molar-refractivity contribution is 7.87. The number of rotatable bonds is 6. The van der Waals surface area contributed by atoms with Gasteiger partial charge in [0.15, 0.2) is 5.75 Å². The maximum absolute atomic E-state index is 12.5. The Kier molecular flexibility index (Phi) is 5.51. The maximum Gasteiger partial charge on any atom is 0.339 e. The van der Waals surface area contributed by atoms with E-state index in [0.29, 0.717) is 11.3 Å². The molecule has 0 heterocycles. The third-order valence-corrected chi connectivity index (χ3v) is 5.09. The Hall–Kier alpha value is -3.52. The summed E-state index contributed by atoms with van der Waals surface area (Å²) >= 11 is 0. The molecule has 0 bridgehead atoms. The highest BCUT2D eigenvalue weighted by Crippen LogP contribution is 2.23. The normalized spacial score (nSPS) is 11.5. The number of nitro benzene ring substituents is 1. The Morgan fingerprint density at radius 3 is 2.25 bits per heavy atom. The average molecular weight is 396 g/mol. The Bertz CT molecular complexity index is 1120. The van der Waals surface area contributed by atoms with Gasteiger partial charge in [0.05, 0.1) is 10.6 Å². The summed E-state index contributed by atoms with van der Waals surface area (Å²) in [7, 11) is -3.99. The van der Waals surface area contributed by atoms with E-state index in [-0.39, 0.29) is 16.3 Å². The van der Waals surface area contributed by atoms with E-state index in [2.05, 4.69) is 4.99 Å². The Labute approximate surface area is 162 Å². The van der Waals surface area contributed by atoms with Gasteiger partial charge in [-0.25, -0.2) is 0 Å². The number of benzene rings is 3. The second kappa shape index (κ2) is 8.01. The first-order chi connectivity index (χ1) is 13.3. The van der Waals surface area contributed by atoms with E-state index >= 15 is 0 Å². The molecule has 0 aliphatic heterocycles. The molecule has 0 fully saturated rings. The molecule has 3 rings (SSSR count). The van der Waals surface area contributed by atoms with Gasteiger partial charge >= 0.3 is 10.1 Å². The summed E-state index contributed by atoms with van der Waals surface area (Å²) in [4.78, 5) is 14.5. The summed E-state index contributed by atoms with van der Waals surface area (Å²) in [5.74, 6) is 0.133. The minimum absolute atomic E-state index is 0.0353. The van der Waals surface area contributed by atoms with Crippen LogP contribution >= 0.6 is 0 Å². The van der Waals surface area contributed by atoms with Crippen molar-refractivity contribution in [3.8, 4) is 5.75 Å². The topological polar surface area (TPSA) is 98.9 Å². The molecule has 7 nitrogen and oxygen atoms in total. The van der Waals surface area contributed by atoms with Crippen molar-refractivity contribution in [3.63, 3.8) is 0 Å². The number of para-hydroxylation sites is 1. The van der Waals surface area contributed by atoms with Crippen molar-refractivity contribution in [2.75, 3.05) is 0 Å². The Morgan fingerprint density at radius 2 is 1.61 bits per heavy atom. The van der Waals surface area contributed by atoms with Crippen LogP contribution in [0.25, 0.3) is 0 Å². The van der Waals surface area contributed by atoms with Crippen LogP contribution in [0, 0.1) is 17.0 Å². The zero-order valence-electron chi connectivity index (χ0n) is 14.8. The first-order valence-corrected chi connectivity index (χ1v) is 9.65. The second-order valence-electron chi connectivity index (χ2n) is 5.92. The molecule has 142 valence electrons. The third-order valence-electron chi connectivity index (χ3n) is 3.84. The van der Waals surface area contributed by atoms with Crippen molar-refractivity contribution >= 4 is 27.7 Å². The molecular weight excluding hydrogens is 380 g/mol. The molecule has 28 heavy (non-hydrogen) atoms. The fraction of sp³-hybridized carbons (Fsp3) is 0.0500. The standard InChI is InChI=1S/C20H16N2O5S/c1-15-6-12-19(13-7-15)28(25,26)27-20-5-3-2-4-16(20)14-21-17-8-10-18(11-9-17)22(23)24/h2-14H,1H3. The number of aryl methyl sites for hydroxylation is 1. The first-order valence-electron chi connectivity index (χ1n) is 8.24. The quantitative estimate of drug-likeness (QED) is 0.266. The van der Waals surface area contributed by atoms with Gasteiger partial charge < -0.3 is 4.18 Å². The van der Waals surface area contributed by atoms with E-state index < -0.39 is 15.0 Å². The highest BCUT2D eigenvalue weighted by atomic mass is 32.2. The zero-order valence-corrected chi connectivity index (χ0v) is 15.7. The lowest BCUT2D eigenvalue weighted by Gasteiger charge is -2.09. The molecule has 0 atom stereocenters. The molecule has 0 N–H and O–H groups in total. The summed E-state index contributed by atoms with van der Waals surface area (Å²) in [6.45, 7) is 1.86. The van der Waals surface area contributed by atoms with Crippen LogP contribution in [-0.2, 0) is 10.1 Å². The van der Waals surface area contributed by atoms with Crippen molar-refractivity contribution in [1.82, 2.24) is 0 Å². The van der Waals surface area contributed by atoms with Crippen LogP contribution in [0.1, 0.15) is 11.1 Å². The van der Waals surface area contributed by atoms with Gasteiger partial charge in [0.1, 0.15) is 4.90 Å². The SMILES string of the molecule is Cc1ccc(S(=O)(=O)Oc2ccccc2C=Nc2ccc([N+](=O)[O-])cc2)cc1. The second-order valence-corrected chi connectivity index (χ2v) is 7.47. The van der Waals surface area contributed by atoms with Gasteiger partial charge in [-0.1, -0.05) is 29.8 Å². The molecule has 0 spiro atoms. The van der Waals surface area contributed by atoms with E-state index in [9.17, 15) is 18.5 Å². The third kappa shape index (κ3) is 4.60. The number of aliphatic imine (C=N–C) groups is 1. The van der Waals surface area contributed by atoms with Gasteiger partial charge in [0.2, 0.25) is 0 Å². The van der Waals surface area contributed by atoms with E-state index in [4.69, 9.17) is 4.18 Å². The van der Waals surface area contributed by atoms with Gasteiger partial charge in [-0.15, -0.1) is 0 Å². The summed E-state index contributed by atoms with van der Waals surface area (Å²) < 4.78 is 30.3. The summed E-state index contributed by atoms with van der Waals surface area (Å²) in [6.07, 6.45) is 1.45. The molecule has 0 saturated carbocycles. The molecule has 3 aromatic rings. The van der Waals surface area contributed by atoms with E-state index in [0.717, 1.165) is 5.56 Å². The summed E-state index contributed by atoms with van der Waals surface area (Å²) in [5, 5.41) is 10.7. The van der Waals surface area contributed by atoms with Crippen LogP contribution in [0.15, 0.2) is 82.7 Å². The highest BCUT2D eigenvalue weighted by Gasteiger charge is 2.17. The molecule has 0 radical (unpaired) electrons. The average Bonchev–Trinajstić information content (AvgIpc) is 2.68. The lowest BCUT2D eigenvalue weighted by molar-refractivity contribution is -0.384.